The number of hydrogen-bond acceptors (Lipinski definition) is 3. The zero-order chi connectivity index (χ0) is 11.8. The molecule has 0 aliphatic carbocycles. The minimum Gasteiger partial charge on any atom is -0.478 e. The van der Waals surface area contributed by atoms with Crippen molar-refractivity contribution in [2.45, 2.75) is 4.90 Å². The second kappa shape index (κ2) is 3.55. The summed E-state index contributed by atoms with van der Waals surface area (Å²) in [6, 6.07) is 1.01. The Hall–Kier alpha value is -1.54. The van der Waals surface area contributed by atoms with Crippen molar-refractivity contribution in [3.8, 4) is 0 Å². The lowest BCUT2D eigenvalue weighted by molar-refractivity contribution is 0.0690. The summed E-state index contributed by atoms with van der Waals surface area (Å²) in [7, 11) is -4.91. The zero-order valence-electron chi connectivity index (χ0n) is 6.94. The smallest absolute Gasteiger partial charge is 0.338 e. The third kappa shape index (κ3) is 2.10. The van der Waals surface area contributed by atoms with E-state index in [0.29, 0.717) is 12.1 Å². The topological polar surface area (TPSA) is 91.7 Å². The molecule has 0 aliphatic rings. The maximum atomic E-state index is 12.9. The van der Waals surface area contributed by atoms with E-state index in [1.807, 2.05) is 0 Å². The van der Waals surface area contributed by atoms with Gasteiger partial charge in [0.05, 0.1) is 5.56 Å². The van der Waals surface area contributed by atoms with Crippen molar-refractivity contribution in [2.24, 2.45) is 0 Å². The SMILES string of the molecule is O=C(O)c1ccc(S(=O)(=O)O)c(F)c1F. The summed E-state index contributed by atoms with van der Waals surface area (Å²) in [6.07, 6.45) is 0. The Kier molecular flexibility index (Phi) is 2.73. The Labute approximate surface area is 82.7 Å². The highest BCUT2D eigenvalue weighted by Gasteiger charge is 2.23. The molecule has 1 aromatic rings. The fourth-order valence-corrected chi connectivity index (χ4v) is 1.45. The number of carboxylic acids is 1. The Morgan fingerprint density at radius 3 is 2.13 bits per heavy atom. The maximum Gasteiger partial charge on any atom is 0.338 e. The summed E-state index contributed by atoms with van der Waals surface area (Å²) in [6.45, 7) is 0. The van der Waals surface area contributed by atoms with Gasteiger partial charge < -0.3 is 5.11 Å². The molecular formula is C7H4F2O5S. The number of benzene rings is 1. The number of rotatable bonds is 2. The fraction of sp³-hybridized carbons (Fsp3) is 0. The second-order valence-corrected chi connectivity index (χ2v) is 3.91. The fourth-order valence-electron chi connectivity index (χ4n) is 0.896. The maximum absolute atomic E-state index is 12.9. The first-order valence-corrected chi connectivity index (χ1v) is 4.88. The number of carboxylic acid groups (broad SMARTS) is 1. The van der Waals surface area contributed by atoms with E-state index in [0.717, 1.165) is 0 Å². The zero-order valence-corrected chi connectivity index (χ0v) is 7.75. The molecule has 0 heterocycles. The molecule has 2 N–H and O–H groups in total. The molecule has 0 aliphatic heterocycles. The third-order valence-corrected chi connectivity index (χ3v) is 2.43. The molecule has 0 spiro atoms. The molecular weight excluding hydrogens is 234 g/mol. The Morgan fingerprint density at radius 1 is 1.20 bits per heavy atom. The van der Waals surface area contributed by atoms with Gasteiger partial charge in [0.1, 0.15) is 4.90 Å². The van der Waals surface area contributed by atoms with Crippen LogP contribution in [0.3, 0.4) is 0 Å². The van der Waals surface area contributed by atoms with E-state index in [4.69, 9.17) is 9.66 Å². The standard InChI is InChI=1S/C7H4F2O5S/c8-5-3(7(10)11)1-2-4(6(5)9)15(12,13)14/h1-2H,(H,10,11)(H,12,13,14). The molecule has 15 heavy (non-hydrogen) atoms. The highest BCUT2D eigenvalue weighted by atomic mass is 32.2. The molecule has 0 aromatic heterocycles. The summed E-state index contributed by atoms with van der Waals surface area (Å²) in [5.41, 5.74) is -1.01. The lowest BCUT2D eigenvalue weighted by atomic mass is 10.2. The van der Waals surface area contributed by atoms with Crippen molar-refractivity contribution in [3.63, 3.8) is 0 Å². The molecule has 0 amide bonds. The first kappa shape index (κ1) is 11.5. The number of carbonyl (C=O) groups is 1. The normalized spacial score (nSPS) is 11.4. The van der Waals surface area contributed by atoms with Crippen LogP contribution in [0, 0.1) is 11.6 Å². The summed E-state index contributed by atoms with van der Waals surface area (Å²) in [5, 5.41) is 8.37. The predicted molar refractivity (Wildman–Crippen MR) is 43.1 cm³/mol. The molecule has 0 fully saturated rings. The Bertz CT molecular complexity index is 522. The highest BCUT2D eigenvalue weighted by molar-refractivity contribution is 7.85. The minimum absolute atomic E-state index is 0.469. The van der Waals surface area contributed by atoms with Gasteiger partial charge in [-0.3, -0.25) is 4.55 Å². The highest BCUT2D eigenvalue weighted by Crippen LogP contribution is 2.20. The van der Waals surface area contributed by atoms with Crippen LogP contribution in [-0.2, 0) is 10.1 Å². The number of hydrogen-bond donors (Lipinski definition) is 2. The molecule has 0 bridgehead atoms. The lowest BCUT2D eigenvalue weighted by Gasteiger charge is -2.02. The van der Waals surface area contributed by atoms with Crippen molar-refractivity contribution in [3.05, 3.63) is 29.3 Å². The van der Waals surface area contributed by atoms with Gasteiger partial charge in [-0.15, -0.1) is 0 Å². The van der Waals surface area contributed by atoms with Crippen molar-refractivity contribution < 1.29 is 31.7 Å². The average Bonchev–Trinajstić information content (AvgIpc) is 2.06. The molecule has 0 atom stereocenters. The quantitative estimate of drug-likeness (QED) is 0.747. The van der Waals surface area contributed by atoms with E-state index in [9.17, 15) is 22.0 Å². The largest absolute Gasteiger partial charge is 0.478 e. The van der Waals surface area contributed by atoms with E-state index in [1.54, 1.807) is 0 Å². The van der Waals surface area contributed by atoms with Crippen molar-refractivity contribution >= 4 is 16.1 Å². The Morgan fingerprint density at radius 2 is 1.73 bits per heavy atom. The van der Waals surface area contributed by atoms with Crippen LogP contribution in [0.4, 0.5) is 8.78 Å². The van der Waals surface area contributed by atoms with E-state index in [2.05, 4.69) is 0 Å². The molecule has 8 heteroatoms. The van der Waals surface area contributed by atoms with Crippen LogP contribution < -0.4 is 0 Å². The van der Waals surface area contributed by atoms with Gasteiger partial charge in [0, 0.05) is 0 Å². The molecule has 0 saturated carbocycles. The van der Waals surface area contributed by atoms with E-state index in [-0.39, 0.29) is 0 Å². The van der Waals surface area contributed by atoms with Gasteiger partial charge in [0.15, 0.2) is 11.6 Å². The van der Waals surface area contributed by atoms with Crippen LogP contribution in [0.25, 0.3) is 0 Å². The molecule has 5 nitrogen and oxygen atoms in total. The summed E-state index contributed by atoms with van der Waals surface area (Å²) in [5.74, 6) is -5.50. The van der Waals surface area contributed by atoms with E-state index in [1.165, 1.54) is 0 Å². The monoisotopic (exact) mass is 238 g/mol. The molecule has 0 saturated heterocycles. The van der Waals surface area contributed by atoms with E-state index < -0.39 is 38.2 Å². The Balaban J connectivity index is 3.55. The summed E-state index contributed by atoms with van der Waals surface area (Å²) < 4.78 is 55.3. The second-order valence-electron chi connectivity index (χ2n) is 2.52. The molecule has 0 unspecified atom stereocenters. The van der Waals surface area contributed by atoms with Crippen LogP contribution in [0.1, 0.15) is 10.4 Å². The van der Waals surface area contributed by atoms with Crippen molar-refractivity contribution in [1.82, 2.24) is 0 Å². The third-order valence-electron chi connectivity index (χ3n) is 1.56. The number of halogens is 2. The van der Waals surface area contributed by atoms with Crippen LogP contribution in [0.2, 0.25) is 0 Å². The van der Waals surface area contributed by atoms with Crippen molar-refractivity contribution in [2.75, 3.05) is 0 Å². The van der Waals surface area contributed by atoms with Gasteiger partial charge in [-0.1, -0.05) is 0 Å². The summed E-state index contributed by atoms with van der Waals surface area (Å²) in [4.78, 5) is 9.02. The average molecular weight is 238 g/mol. The van der Waals surface area contributed by atoms with Gasteiger partial charge in [0.25, 0.3) is 10.1 Å². The van der Waals surface area contributed by atoms with Crippen LogP contribution in [0.5, 0.6) is 0 Å². The van der Waals surface area contributed by atoms with Crippen LogP contribution in [0.15, 0.2) is 17.0 Å². The lowest BCUT2D eigenvalue weighted by Crippen LogP contribution is -2.08. The van der Waals surface area contributed by atoms with Crippen molar-refractivity contribution in [1.29, 1.82) is 0 Å². The molecule has 82 valence electrons. The van der Waals surface area contributed by atoms with Gasteiger partial charge in [-0.2, -0.15) is 8.42 Å². The summed E-state index contributed by atoms with van der Waals surface area (Å²) >= 11 is 0. The van der Waals surface area contributed by atoms with Gasteiger partial charge in [-0.05, 0) is 12.1 Å². The molecule has 1 rings (SSSR count). The van der Waals surface area contributed by atoms with Gasteiger partial charge >= 0.3 is 5.97 Å². The van der Waals surface area contributed by atoms with Gasteiger partial charge in [0.2, 0.25) is 0 Å². The van der Waals surface area contributed by atoms with Crippen LogP contribution >= 0.6 is 0 Å². The number of aromatic carboxylic acids is 1. The predicted octanol–water partition coefficient (Wildman–Crippen LogP) is 0.910. The molecule has 0 radical (unpaired) electrons. The first-order chi connectivity index (χ1) is 6.75. The molecule has 1 aromatic carbocycles. The first-order valence-electron chi connectivity index (χ1n) is 3.44. The van der Waals surface area contributed by atoms with Gasteiger partial charge in [-0.25, -0.2) is 13.6 Å². The van der Waals surface area contributed by atoms with E-state index >= 15 is 0 Å². The van der Waals surface area contributed by atoms with Crippen LogP contribution in [-0.4, -0.2) is 24.0 Å². The minimum atomic E-state index is -4.91.